The molecule has 18 heavy (non-hydrogen) atoms. The van der Waals surface area contributed by atoms with E-state index < -0.39 is 0 Å². The van der Waals surface area contributed by atoms with Gasteiger partial charge in [0.2, 0.25) is 5.89 Å². The number of rotatable bonds is 3. The van der Waals surface area contributed by atoms with Crippen molar-refractivity contribution in [2.24, 2.45) is 0 Å². The molecule has 0 radical (unpaired) electrons. The summed E-state index contributed by atoms with van der Waals surface area (Å²) in [6.07, 6.45) is 3.29. The number of oxazole rings is 1. The molecule has 0 aromatic carbocycles. The Morgan fingerprint density at radius 1 is 1.39 bits per heavy atom. The van der Waals surface area contributed by atoms with E-state index >= 15 is 0 Å². The molecule has 1 fully saturated rings. The van der Waals surface area contributed by atoms with Gasteiger partial charge in [0, 0.05) is 31.1 Å². The average molecular weight is 264 g/mol. The first-order chi connectivity index (χ1) is 8.83. The van der Waals surface area contributed by atoms with Gasteiger partial charge in [0.15, 0.2) is 0 Å². The fourth-order valence-corrected chi connectivity index (χ4v) is 3.03. The van der Waals surface area contributed by atoms with Crippen molar-refractivity contribution in [2.75, 3.05) is 24.6 Å². The molecule has 1 saturated heterocycles. The minimum absolute atomic E-state index is 0.655. The van der Waals surface area contributed by atoms with E-state index in [1.807, 2.05) is 24.8 Å². The lowest BCUT2D eigenvalue weighted by Gasteiger charge is -2.25. The summed E-state index contributed by atoms with van der Waals surface area (Å²) < 4.78 is 10.8. The van der Waals surface area contributed by atoms with E-state index in [1.54, 1.807) is 12.5 Å². The fourth-order valence-electron chi connectivity index (χ4n) is 2.06. The summed E-state index contributed by atoms with van der Waals surface area (Å²) in [6, 6.07) is 1.87. The maximum atomic E-state index is 5.70. The molecule has 1 aliphatic rings. The molecule has 0 aliphatic carbocycles. The first kappa shape index (κ1) is 11.9. The minimum atomic E-state index is 0.655. The second-order valence-corrected chi connectivity index (χ2v) is 5.65. The maximum absolute atomic E-state index is 5.70. The molecule has 1 aliphatic heterocycles. The third-order valence-corrected chi connectivity index (χ3v) is 4.08. The molecule has 0 amide bonds. The van der Waals surface area contributed by atoms with Crippen LogP contribution in [-0.4, -0.2) is 34.5 Å². The Balaban J connectivity index is 1.76. The zero-order chi connectivity index (χ0) is 12.4. The highest BCUT2D eigenvalue weighted by atomic mass is 32.2. The van der Waals surface area contributed by atoms with Gasteiger partial charge in [-0.25, -0.2) is 4.98 Å². The van der Waals surface area contributed by atoms with Gasteiger partial charge >= 0.3 is 0 Å². The second kappa shape index (κ2) is 5.20. The van der Waals surface area contributed by atoms with Crippen molar-refractivity contribution < 1.29 is 8.83 Å². The normalized spacial score (nSPS) is 17.2. The van der Waals surface area contributed by atoms with Crippen molar-refractivity contribution in [3.8, 4) is 11.5 Å². The molecule has 0 bridgehead atoms. The van der Waals surface area contributed by atoms with Gasteiger partial charge in [0.1, 0.15) is 12.0 Å². The smallest absolute Gasteiger partial charge is 0.229 e. The molecular formula is C13H16N2O2S. The number of hydrogen-bond acceptors (Lipinski definition) is 5. The lowest BCUT2D eigenvalue weighted by atomic mass is 10.3. The third kappa shape index (κ3) is 2.47. The SMILES string of the molecule is Cc1oc(-c2ccoc2)nc1CN1CCSCC1. The Morgan fingerprint density at radius 2 is 2.22 bits per heavy atom. The van der Waals surface area contributed by atoms with Gasteiger partial charge in [-0.1, -0.05) is 0 Å². The van der Waals surface area contributed by atoms with Crippen molar-refractivity contribution in [3.05, 3.63) is 30.0 Å². The van der Waals surface area contributed by atoms with Crippen LogP contribution in [0.5, 0.6) is 0 Å². The molecule has 0 atom stereocenters. The Kier molecular flexibility index (Phi) is 3.43. The van der Waals surface area contributed by atoms with E-state index in [1.165, 1.54) is 11.5 Å². The zero-order valence-corrected chi connectivity index (χ0v) is 11.2. The molecule has 3 rings (SSSR count). The summed E-state index contributed by atoms with van der Waals surface area (Å²) in [4.78, 5) is 7.00. The molecule has 2 aromatic heterocycles. The number of nitrogens with zero attached hydrogens (tertiary/aromatic N) is 2. The largest absolute Gasteiger partial charge is 0.472 e. The molecule has 5 heteroatoms. The van der Waals surface area contributed by atoms with E-state index in [-0.39, 0.29) is 0 Å². The summed E-state index contributed by atoms with van der Waals surface area (Å²) in [5.74, 6) is 3.99. The number of furan rings is 1. The predicted molar refractivity (Wildman–Crippen MR) is 71.5 cm³/mol. The summed E-state index contributed by atoms with van der Waals surface area (Å²) in [5.41, 5.74) is 1.94. The summed E-state index contributed by atoms with van der Waals surface area (Å²) in [7, 11) is 0. The van der Waals surface area contributed by atoms with Crippen molar-refractivity contribution >= 4 is 11.8 Å². The van der Waals surface area contributed by atoms with Gasteiger partial charge in [-0.3, -0.25) is 4.90 Å². The molecular weight excluding hydrogens is 248 g/mol. The van der Waals surface area contributed by atoms with Gasteiger partial charge in [-0.15, -0.1) is 0 Å². The first-order valence-corrected chi connectivity index (χ1v) is 7.27. The Hall–Kier alpha value is -1.20. The van der Waals surface area contributed by atoms with Crippen LogP contribution in [0.2, 0.25) is 0 Å². The standard InChI is InChI=1S/C13H16N2O2S/c1-10-12(8-15-3-6-18-7-4-15)14-13(17-10)11-2-5-16-9-11/h2,5,9H,3-4,6-8H2,1H3. The molecule has 4 nitrogen and oxygen atoms in total. The van der Waals surface area contributed by atoms with Crippen molar-refractivity contribution in [1.82, 2.24) is 9.88 Å². The number of thioether (sulfide) groups is 1. The second-order valence-electron chi connectivity index (χ2n) is 4.42. The summed E-state index contributed by atoms with van der Waals surface area (Å²) in [6.45, 7) is 5.13. The van der Waals surface area contributed by atoms with Gasteiger partial charge in [-0.05, 0) is 13.0 Å². The number of hydrogen-bond donors (Lipinski definition) is 0. The molecule has 96 valence electrons. The van der Waals surface area contributed by atoms with Crippen LogP contribution in [0.4, 0.5) is 0 Å². The van der Waals surface area contributed by atoms with Crippen LogP contribution in [0.25, 0.3) is 11.5 Å². The van der Waals surface area contributed by atoms with Crippen molar-refractivity contribution in [3.63, 3.8) is 0 Å². The molecule has 0 spiro atoms. The first-order valence-electron chi connectivity index (χ1n) is 6.12. The van der Waals surface area contributed by atoms with Gasteiger partial charge in [-0.2, -0.15) is 11.8 Å². The predicted octanol–water partition coefficient (Wildman–Crippen LogP) is 2.79. The highest BCUT2D eigenvalue weighted by molar-refractivity contribution is 7.99. The highest BCUT2D eigenvalue weighted by Gasteiger charge is 2.17. The maximum Gasteiger partial charge on any atom is 0.229 e. The van der Waals surface area contributed by atoms with E-state index in [0.29, 0.717) is 5.89 Å². The van der Waals surface area contributed by atoms with E-state index in [2.05, 4.69) is 9.88 Å². The highest BCUT2D eigenvalue weighted by Crippen LogP contribution is 2.23. The lowest BCUT2D eigenvalue weighted by molar-refractivity contribution is 0.289. The van der Waals surface area contributed by atoms with Crippen LogP contribution in [0, 0.1) is 6.92 Å². The van der Waals surface area contributed by atoms with Crippen LogP contribution < -0.4 is 0 Å². The molecule has 3 heterocycles. The third-order valence-electron chi connectivity index (χ3n) is 3.14. The molecule has 0 unspecified atom stereocenters. The van der Waals surface area contributed by atoms with E-state index in [0.717, 1.165) is 36.7 Å². The van der Waals surface area contributed by atoms with E-state index in [4.69, 9.17) is 8.83 Å². The van der Waals surface area contributed by atoms with Gasteiger partial charge in [0.05, 0.1) is 17.5 Å². The average Bonchev–Trinajstić information content (AvgIpc) is 3.01. The molecule has 2 aromatic rings. The molecule has 0 N–H and O–H groups in total. The Labute approximate surface area is 110 Å². The zero-order valence-electron chi connectivity index (χ0n) is 10.4. The van der Waals surface area contributed by atoms with Crippen LogP contribution in [0.3, 0.4) is 0 Å². The number of aryl methyl sites for hydroxylation is 1. The Bertz CT molecular complexity index is 501. The minimum Gasteiger partial charge on any atom is -0.472 e. The van der Waals surface area contributed by atoms with Crippen LogP contribution >= 0.6 is 11.8 Å². The number of aromatic nitrogens is 1. The van der Waals surface area contributed by atoms with E-state index in [9.17, 15) is 0 Å². The summed E-state index contributed by atoms with van der Waals surface area (Å²) >= 11 is 2.02. The fraction of sp³-hybridized carbons (Fsp3) is 0.462. The monoisotopic (exact) mass is 264 g/mol. The van der Waals surface area contributed by atoms with Crippen LogP contribution in [-0.2, 0) is 6.54 Å². The van der Waals surface area contributed by atoms with Gasteiger partial charge in [0.25, 0.3) is 0 Å². The lowest BCUT2D eigenvalue weighted by Crippen LogP contribution is -2.32. The van der Waals surface area contributed by atoms with Crippen molar-refractivity contribution in [1.29, 1.82) is 0 Å². The quantitative estimate of drug-likeness (QED) is 0.852. The van der Waals surface area contributed by atoms with Crippen molar-refractivity contribution in [2.45, 2.75) is 13.5 Å². The Morgan fingerprint density at radius 3 is 2.94 bits per heavy atom. The van der Waals surface area contributed by atoms with Gasteiger partial charge < -0.3 is 8.83 Å². The topological polar surface area (TPSA) is 42.4 Å². The molecule has 0 saturated carbocycles. The summed E-state index contributed by atoms with van der Waals surface area (Å²) in [5, 5.41) is 0. The van der Waals surface area contributed by atoms with Crippen LogP contribution in [0.15, 0.2) is 27.4 Å². The van der Waals surface area contributed by atoms with Crippen LogP contribution in [0.1, 0.15) is 11.5 Å².